The molecule has 4 rings (SSSR count). The van der Waals surface area contributed by atoms with E-state index in [1.807, 2.05) is 24.4 Å². The quantitative estimate of drug-likeness (QED) is 0.528. The first kappa shape index (κ1) is 21.9. The molecule has 32 heavy (non-hydrogen) atoms. The van der Waals surface area contributed by atoms with E-state index >= 15 is 0 Å². The molecule has 1 amide bonds. The summed E-state index contributed by atoms with van der Waals surface area (Å²) in [6.45, 7) is 1.47. The van der Waals surface area contributed by atoms with Crippen LogP contribution in [0, 0.1) is 0 Å². The van der Waals surface area contributed by atoms with E-state index in [-0.39, 0.29) is 36.2 Å². The van der Waals surface area contributed by atoms with Crippen molar-refractivity contribution in [2.45, 2.75) is 11.4 Å². The number of ether oxygens (including phenoxy) is 2. The van der Waals surface area contributed by atoms with E-state index in [9.17, 15) is 13.2 Å². The van der Waals surface area contributed by atoms with E-state index in [4.69, 9.17) is 9.47 Å². The molecule has 3 heterocycles. The van der Waals surface area contributed by atoms with Crippen molar-refractivity contribution in [2.24, 2.45) is 0 Å². The van der Waals surface area contributed by atoms with Gasteiger partial charge in [0.2, 0.25) is 15.9 Å². The predicted molar refractivity (Wildman–Crippen MR) is 116 cm³/mol. The van der Waals surface area contributed by atoms with Crippen molar-refractivity contribution in [1.29, 1.82) is 0 Å². The fourth-order valence-corrected chi connectivity index (χ4v) is 4.93. The molecule has 11 heteroatoms. The first-order valence-corrected chi connectivity index (χ1v) is 11.4. The molecule has 1 aliphatic heterocycles. The lowest BCUT2D eigenvalue weighted by Crippen LogP contribution is -2.40. The number of morpholine rings is 1. The predicted octanol–water partition coefficient (Wildman–Crippen LogP) is 1.09. The van der Waals surface area contributed by atoms with Crippen LogP contribution in [0.2, 0.25) is 0 Å². The van der Waals surface area contributed by atoms with Crippen LogP contribution in [0.3, 0.4) is 0 Å². The van der Waals surface area contributed by atoms with Crippen molar-refractivity contribution >= 4 is 27.7 Å². The Morgan fingerprint density at radius 1 is 1.22 bits per heavy atom. The lowest BCUT2D eigenvalue weighted by molar-refractivity contribution is -0.116. The second kappa shape index (κ2) is 9.47. The molecule has 1 aromatic carbocycles. The Morgan fingerprint density at radius 3 is 2.81 bits per heavy atom. The molecule has 0 unspecified atom stereocenters. The summed E-state index contributed by atoms with van der Waals surface area (Å²) >= 11 is 0. The summed E-state index contributed by atoms with van der Waals surface area (Å²) in [6, 6.07) is 10.3. The minimum Gasteiger partial charge on any atom is -0.495 e. The van der Waals surface area contributed by atoms with Gasteiger partial charge in [0.1, 0.15) is 10.6 Å². The molecule has 0 atom stereocenters. The molecular formula is C21H23N5O5S. The number of methoxy groups -OCH3 is 1. The lowest BCUT2D eigenvalue weighted by Gasteiger charge is -2.26. The molecule has 1 aliphatic rings. The third-order valence-electron chi connectivity index (χ3n) is 5.01. The minimum atomic E-state index is -3.75. The molecule has 10 nitrogen and oxygen atoms in total. The van der Waals surface area contributed by atoms with Gasteiger partial charge in [0.05, 0.1) is 26.9 Å². The van der Waals surface area contributed by atoms with Crippen molar-refractivity contribution in [3.63, 3.8) is 0 Å². The summed E-state index contributed by atoms with van der Waals surface area (Å²) in [5.74, 6) is 0.508. The zero-order chi connectivity index (χ0) is 22.6. The number of amides is 1. The van der Waals surface area contributed by atoms with Gasteiger partial charge in [-0.1, -0.05) is 12.1 Å². The average Bonchev–Trinajstić information content (AvgIpc) is 3.25. The normalized spacial score (nSPS) is 15.3. The van der Waals surface area contributed by atoms with Gasteiger partial charge in [-0.3, -0.25) is 9.20 Å². The summed E-state index contributed by atoms with van der Waals surface area (Å²) < 4.78 is 39.8. The second-order valence-corrected chi connectivity index (χ2v) is 8.93. The zero-order valence-corrected chi connectivity index (χ0v) is 18.3. The maximum absolute atomic E-state index is 13.1. The maximum atomic E-state index is 13.1. The molecule has 0 aliphatic carbocycles. The number of fused-ring (bicyclic) bond motifs is 1. The van der Waals surface area contributed by atoms with Crippen LogP contribution in [0.25, 0.3) is 11.7 Å². The zero-order valence-electron chi connectivity index (χ0n) is 17.5. The molecule has 168 valence electrons. The van der Waals surface area contributed by atoms with Crippen molar-refractivity contribution in [1.82, 2.24) is 24.2 Å². The number of hydrogen-bond donors (Lipinski definition) is 1. The van der Waals surface area contributed by atoms with Gasteiger partial charge in [-0.15, -0.1) is 10.2 Å². The van der Waals surface area contributed by atoms with Crippen LogP contribution >= 0.6 is 0 Å². The van der Waals surface area contributed by atoms with E-state index in [1.165, 1.54) is 23.6 Å². The first-order valence-electron chi connectivity index (χ1n) is 9.99. The highest BCUT2D eigenvalue weighted by molar-refractivity contribution is 7.89. The van der Waals surface area contributed by atoms with Crippen LogP contribution in [0.4, 0.5) is 0 Å². The van der Waals surface area contributed by atoms with Gasteiger partial charge in [-0.25, -0.2) is 8.42 Å². The molecule has 0 spiro atoms. The van der Waals surface area contributed by atoms with Gasteiger partial charge in [-0.05, 0) is 35.9 Å². The van der Waals surface area contributed by atoms with Crippen LogP contribution in [0.5, 0.6) is 5.75 Å². The Bertz CT molecular complexity index is 1250. The number of pyridine rings is 1. The van der Waals surface area contributed by atoms with Gasteiger partial charge in [0.15, 0.2) is 11.5 Å². The molecule has 1 fully saturated rings. The molecule has 0 bridgehead atoms. The third kappa shape index (κ3) is 4.64. The number of benzene rings is 1. The average molecular weight is 458 g/mol. The van der Waals surface area contributed by atoms with Crippen molar-refractivity contribution in [2.75, 3.05) is 33.4 Å². The number of nitrogens with one attached hydrogen (secondary N) is 1. The van der Waals surface area contributed by atoms with Gasteiger partial charge in [-0.2, -0.15) is 4.31 Å². The Kier molecular flexibility index (Phi) is 6.49. The Labute approximate surface area is 185 Å². The van der Waals surface area contributed by atoms with E-state index in [0.29, 0.717) is 30.2 Å². The largest absolute Gasteiger partial charge is 0.495 e. The molecule has 1 N–H and O–H groups in total. The smallest absolute Gasteiger partial charge is 0.246 e. The Hall–Kier alpha value is -3.28. The highest BCUT2D eigenvalue weighted by Gasteiger charge is 2.29. The van der Waals surface area contributed by atoms with E-state index < -0.39 is 10.0 Å². The Morgan fingerprint density at radius 2 is 2.03 bits per heavy atom. The topological polar surface area (TPSA) is 115 Å². The van der Waals surface area contributed by atoms with Gasteiger partial charge in [0.25, 0.3) is 0 Å². The standard InChI is InChI=1S/C21H23N5O5S/c1-30-17-7-5-16(14-18(17)32(28,29)25-10-12-31-13-11-25)6-8-21(27)22-15-20-24-23-19-4-2-3-9-26(19)20/h2-9,14H,10-13,15H2,1H3,(H,22,27)/b8-6+. The van der Waals surface area contributed by atoms with Crippen LogP contribution < -0.4 is 10.1 Å². The SMILES string of the molecule is COc1ccc(/C=C/C(=O)NCc2nnc3ccccn23)cc1S(=O)(=O)N1CCOCC1. The van der Waals surface area contributed by atoms with Gasteiger partial charge in [0, 0.05) is 25.4 Å². The van der Waals surface area contributed by atoms with Crippen LogP contribution in [0.15, 0.2) is 53.6 Å². The number of rotatable bonds is 7. The summed E-state index contributed by atoms with van der Waals surface area (Å²) in [4.78, 5) is 12.3. The molecule has 1 saturated heterocycles. The highest BCUT2D eigenvalue weighted by atomic mass is 32.2. The number of hydrogen-bond acceptors (Lipinski definition) is 7. The minimum absolute atomic E-state index is 0.0550. The maximum Gasteiger partial charge on any atom is 0.246 e. The van der Waals surface area contributed by atoms with Crippen LogP contribution in [-0.2, 0) is 26.1 Å². The summed E-state index contributed by atoms with van der Waals surface area (Å²) in [6.07, 6.45) is 4.71. The first-order chi connectivity index (χ1) is 15.5. The van der Waals surface area contributed by atoms with Gasteiger partial charge < -0.3 is 14.8 Å². The fourth-order valence-electron chi connectivity index (χ4n) is 3.33. The van der Waals surface area contributed by atoms with Crippen LogP contribution in [-0.4, -0.2) is 66.6 Å². The van der Waals surface area contributed by atoms with Crippen molar-refractivity contribution < 1.29 is 22.7 Å². The number of carbonyl (C=O) groups is 1. The summed E-state index contributed by atoms with van der Waals surface area (Å²) in [5.41, 5.74) is 1.25. The number of aromatic nitrogens is 3. The lowest BCUT2D eigenvalue weighted by atomic mass is 10.2. The molecule has 0 saturated carbocycles. The van der Waals surface area contributed by atoms with Crippen molar-refractivity contribution in [3.8, 4) is 5.75 Å². The Balaban J connectivity index is 1.47. The van der Waals surface area contributed by atoms with Crippen molar-refractivity contribution in [3.05, 3.63) is 60.1 Å². The summed E-state index contributed by atoms with van der Waals surface area (Å²) in [5, 5.41) is 10.9. The fraction of sp³-hybridized carbons (Fsp3) is 0.286. The third-order valence-corrected chi connectivity index (χ3v) is 6.93. The van der Waals surface area contributed by atoms with E-state index in [2.05, 4.69) is 15.5 Å². The number of carbonyl (C=O) groups excluding carboxylic acids is 1. The molecular weight excluding hydrogens is 434 g/mol. The van der Waals surface area contributed by atoms with E-state index in [0.717, 1.165) is 0 Å². The summed E-state index contributed by atoms with van der Waals surface area (Å²) in [7, 11) is -2.33. The van der Waals surface area contributed by atoms with Crippen LogP contribution in [0.1, 0.15) is 11.4 Å². The highest BCUT2D eigenvalue weighted by Crippen LogP contribution is 2.28. The van der Waals surface area contributed by atoms with E-state index in [1.54, 1.807) is 22.6 Å². The number of nitrogens with zero attached hydrogens (tertiary/aromatic N) is 4. The molecule has 2 aromatic heterocycles. The monoisotopic (exact) mass is 457 g/mol. The van der Waals surface area contributed by atoms with Gasteiger partial charge >= 0.3 is 0 Å². The number of sulfonamides is 1. The molecule has 0 radical (unpaired) electrons. The molecule has 3 aromatic rings. The second-order valence-electron chi connectivity index (χ2n) is 7.02.